The average Bonchev–Trinajstić information content (AvgIpc) is 3.18. The molecule has 0 N–H and O–H groups in total. The molecule has 3 rings (SSSR count). The summed E-state index contributed by atoms with van der Waals surface area (Å²) in [7, 11) is 0. The van der Waals surface area contributed by atoms with E-state index in [9.17, 15) is 4.79 Å². The summed E-state index contributed by atoms with van der Waals surface area (Å²) in [5, 5.41) is 12.2. The molecule has 2 aromatic heterocycles. The van der Waals surface area contributed by atoms with Gasteiger partial charge >= 0.3 is 0 Å². The van der Waals surface area contributed by atoms with Gasteiger partial charge < -0.3 is 9.47 Å². The first-order chi connectivity index (χ1) is 10.6. The van der Waals surface area contributed by atoms with Gasteiger partial charge in [0.15, 0.2) is 0 Å². The third-order valence-electron chi connectivity index (χ3n) is 4.25. The monoisotopic (exact) mass is 318 g/mol. The molecule has 0 aliphatic carbocycles. The van der Waals surface area contributed by atoms with Crippen LogP contribution >= 0.6 is 11.3 Å². The Kier molecular flexibility index (Phi) is 4.57. The van der Waals surface area contributed by atoms with Crippen LogP contribution in [-0.2, 0) is 6.42 Å². The van der Waals surface area contributed by atoms with Crippen molar-refractivity contribution in [3.05, 3.63) is 34.5 Å². The van der Waals surface area contributed by atoms with Crippen molar-refractivity contribution in [1.82, 2.24) is 19.7 Å². The molecule has 1 amide bonds. The summed E-state index contributed by atoms with van der Waals surface area (Å²) in [5.74, 6) is 1.67. The van der Waals surface area contributed by atoms with Gasteiger partial charge in [-0.15, -0.1) is 10.2 Å². The van der Waals surface area contributed by atoms with Gasteiger partial charge in [0, 0.05) is 30.9 Å². The van der Waals surface area contributed by atoms with Crippen molar-refractivity contribution in [2.75, 3.05) is 13.1 Å². The van der Waals surface area contributed by atoms with E-state index in [4.69, 9.17) is 0 Å². The van der Waals surface area contributed by atoms with Gasteiger partial charge in [-0.25, -0.2) is 0 Å². The number of thiophene rings is 1. The Labute approximate surface area is 135 Å². The number of nitrogens with zero attached hydrogens (tertiary/aromatic N) is 4. The van der Waals surface area contributed by atoms with E-state index in [0.717, 1.165) is 43.7 Å². The zero-order valence-corrected chi connectivity index (χ0v) is 13.9. The Balaban J connectivity index is 1.66. The molecule has 1 fully saturated rings. The largest absolute Gasteiger partial charge is 0.338 e. The van der Waals surface area contributed by atoms with E-state index in [1.165, 1.54) is 0 Å². The maximum Gasteiger partial charge on any atom is 0.254 e. The lowest BCUT2D eigenvalue weighted by Gasteiger charge is -2.32. The van der Waals surface area contributed by atoms with Crippen molar-refractivity contribution in [2.24, 2.45) is 5.92 Å². The summed E-state index contributed by atoms with van der Waals surface area (Å²) in [4.78, 5) is 14.5. The molecule has 1 saturated heterocycles. The molecule has 118 valence electrons. The minimum atomic E-state index is 0.163. The molecule has 3 heterocycles. The highest BCUT2D eigenvalue weighted by atomic mass is 32.1. The number of piperidine rings is 1. The van der Waals surface area contributed by atoms with Crippen molar-refractivity contribution in [1.29, 1.82) is 0 Å². The molecule has 6 heteroatoms. The van der Waals surface area contributed by atoms with Crippen molar-refractivity contribution in [2.45, 2.75) is 39.2 Å². The first-order valence-electron chi connectivity index (χ1n) is 7.85. The van der Waals surface area contributed by atoms with Gasteiger partial charge in [-0.1, -0.05) is 0 Å². The minimum absolute atomic E-state index is 0.163. The third kappa shape index (κ3) is 3.21. The Morgan fingerprint density at radius 3 is 3.09 bits per heavy atom. The summed E-state index contributed by atoms with van der Waals surface area (Å²) in [6.45, 7) is 5.96. The summed E-state index contributed by atoms with van der Waals surface area (Å²) < 4.78 is 2.12. The van der Waals surface area contributed by atoms with Crippen molar-refractivity contribution >= 4 is 17.2 Å². The van der Waals surface area contributed by atoms with Crippen LogP contribution in [0.4, 0.5) is 0 Å². The second-order valence-electron chi connectivity index (χ2n) is 6.22. The Morgan fingerprint density at radius 1 is 1.50 bits per heavy atom. The normalized spacial score (nSPS) is 18.9. The fourth-order valence-corrected chi connectivity index (χ4v) is 3.72. The van der Waals surface area contributed by atoms with E-state index < -0.39 is 0 Å². The summed E-state index contributed by atoms with van der Waals surface area (Å²) in [6, 6.07) is 2.28. The highest BCUT2D eigenvalue weighted by Gasteiger charge is 2.26. The van der Waals surface area contributed by atoms with Crippen molar-refractivity contribution in [3.63, 3.8) is 0 Å². The molecule has 2 aromatic rings. The van der Waals surface area contributed by atoms with E-state index >= 15 is 0 Å². The molecule has 1 aliphatic rings. The lowest BCUT2D eigenvalue weighted by atomic mass is 9.94. The SMILES string of the molecule is CC(C)n1cnnc1CC1CCCN(C(=O)c2ccsc2)C1. The van der Waals surface area contributed by atoms with Gasteiger partial charge in [-0.2, -0.15) is 11.3 Å². The number of hydrogen-bond donors (Lipinski definition) is 0. The third-order valence-corrected chi connectivity index (χ3v) is 4.93. The van der Waals surface area contributed by atoms with Gasteiger partial charge in [-0.3, -0.25) is 4.79 Å². The Hall–Kier alpha value is -1.69. The Bertz CT molecular complexity index is 620. The highest BCUT2D eigenvalue weighted by molar-refractivity contribution is 7.08. The zero-order chi connectivity index (χ0) is 15.5. The van der Waals surface area contributed by atoms with E-state index in [1.54, 1.807) is 17.7 Å². The summed E-state index contributed by atoms with van der Waals surface area (Å²) >= 11 is 1.57. The number of hydrogen-bond acceptors (Lipinski definition) is 4. The molecule has 0 saturated carbocycles. The van der Waals surface area contributed by atoms with Crippen molar-refractivity contribution in [3.8, 4) is 0 Å². The number of carbonyl (C=O) groups excluding carboxylic acids is 1. The minimum Gasteiger partial charge on any atom is -0.338 e. The fourth-order valence-electron chi connectivity index (χ4n) is 3.09. The number of aromatic nitrogens is 3. The van der Waals surface area contributed by atoms with Crippen LogP contribution in [0.3, 0.4) is 0 Å². The molecule has 0 radical (unpaired) electrons. The molecule has 0 spiro atoms. The van der Waals surface area contributed by atoms with Crippen LogP contribution in [0.1, 0.15) is 48.9 Å². The van der Waals surface area contributed by atoms with Crippen LogP contribution < -0.4 is 0 Å². The fraction of sp³-hybridized carbons (Fsp3) is 0.562. The van der Waals surface area contributed by atoms with E-state index in [0.29, 0.717) is 12.0 Å². The van der Waals surface area contributed by atoms with E-state index in [-0.39, 0.29) is 5.91 Å². The molecular formula is C16H22N4OS. The van der Waals surface area contributed by atoms with Crippen LogP contribution in [0.15, 0.2) is 23.2 Å². The standard InChI is InChI=1S/C16H22N4OS/c1-12(2)20-11-17-18-15(20)8-13-4-3-6-19(9-13)16(21)14-5-7-22-10-14/h5,7,10-13H,3-4,6,8-9H2,1-2H3. The molecule has 1 unspecified atom stereocenters. The highest BCUT2D eigenvalue weighted by Crippen LogP contribution is 2.23. The van der Waals surface area contributed by atoms with Crippen LogP contribution in [-0.4, -0.2) is 38.7 Å². The lowest BCUT2D eigenvalue weighted by molar-refractivity contribution is 0.0672. The van der Waals surface area contributed by atoms with Crippen LogP contribution in [0.5, 0.6) is 0 Å². The number of rotatable bonds is 4. The number of amides is 1. The molecule has 0 aromatic carbocycles. The van der Waals surface area contributed by atoms with Gasteiger partial charge in [0.1, 0.15) is 12.2 Å². The molecule has 22 heavy (non-hydrogen) atoms. The summed E-state index contributed by atoms with van der Waals surface area (Å²) in [5.41, 5.74) is 0.816. The van der Waals surface area contributed by atoms with Crippen LogP contribution in [0, 0.1) is 5.92 Å². The van der Waals surface area contributed by atoms with Gasteiger partial charge in [-0.05, 0) is 44.1 Å². The first kappa shape index (κ1) is 15.2. The summed E-state index contributed by atoms with van der Waals surface area (Å²) in [6.07, 6.45) is 4.91. The maximum atomic E-state index is 12.5. The lowest BCUT2D eigenvalue weighted by Crippen LogP contribution is -2.40. The molecule has 1 atom stereocenters. The zero-order valence-electron chi connectivity index (χ0n) is 13.1. The number of carbonyl (C=O) groups is 1. The second kappa shape index (κ2) is 6.60. The predicted molar refractivity (Wildman–Crippen MR) is 87.1 cm³/mol. The van der Waals surface area contributed by atoms with E-state index in [2.05, 4.69) is 28.6 Å². The maximum absolute atomic E-state index is 12.5. The van der Waals surface area contributed by atoms with Gasteiger partial charge in [0.2, 0.25) is 0 Å². The van der Waals surface area contributed by atoms with Gasteiger partial charge in [0.25, 0.3) is 5.91 Å². The predicted octanol–water partition coefficient (Wildman–Crippen LogP) is 3.02. The van der Waals surface area contributed by atoms with Crippen LogP contribution in [0.2, 0.25) is 0 Å². The molecule has 1 aliphatic heterocycles. The molecular weight excluding hydrogens is 296 g/mol. The molecule has 5 nitrogen and oxygen atoms in total. The van der Waals surface area contributed by atoms with Gasteiger partial charge in [0.05, 0.1) is 5.56 Å². The molecule has 0 bridgehead atoms. The smallest absolute Gasteiger partial charge is 0.254 e. The van der Waals surface area contributed by atoms with E-state index in [1.807, 2.05) is 21.7 Å². The second-order valence-corrected chi connectivity index (χ2v) is 7.00. The topological polar surface area (TPSA) is 51.0 Å². The van der Waals surface area contributed by atoms with Crippen LogP contribution in [0.25, 0.3) is 0 Å². The number of likely N-dealkylation sites (tertiary alicyclic amines) is 1. The average molecular weight is 318 g/mol. The quantitative estimate of drug-likeness (QED) is 0.871. The van der Waals surface area contributed by atoms with Crippen molar-refractivity contribution < 1.29 is 4.79 Å². The first-order valence-corrected chi connectivity index (χ1v) is 8.79. The Morgan fingerprint density at radius 2 is 2.36 bits per heavy atom.